The summed E-state index contributed by atoms with van der Waals surface area (Å²) >= 11 is 0. The number of benzene rings is 2. The Labute approximate surface area is 116 Å². The van der Waals surface area contributed by atoms with Crippen LogP contribution in [0.25, 0.3) is 0 Å². The molecule has 2 aromatic rings. The number of hydrogen-bond donors (Lipinski definition) is 0. The zero-order valence-electron chi connectivity index (χ0n) is 12.3. The normalized spacial score (nSPS) is 13.9. The van der Waals surface area contributed by atoms with Crippen molar-refractivity contribution in [1.82, 2.24) is 0 Å². The fraction of sp³-hybridized carbons (Fsp3) is 0.263. The van der Waals surface area contributed by atoms with Crippen LogP contribution in [0.5, 0.6) is 0 Å². The minimum Gasteiger partial charge on any atom is -0.102 e. The van der Waals surface area contributed by atoms with E-state index in [4.69, 9.17) is 0 Å². The molecule has 2 aromatic carbocycles. The van der Waals surface area contributed by atoms with Gasteiger partial charge in [0.2, 0.25) is 0 Å². The molecule has 0 heterocycles. The average molecular weight is 250 g/mol. The first-order valence-corrected chi connectivity index (χ1v) is 6.75. The molecule has 98 valence electrons. The largest absolute Gasteiger partial charge is 0.102 e. The second-order valence-corrected chi connectivity index (χ2v) is 5.65. The first kappa shape index (κ1) is 13.6. The van der Waals surface area contributed by atoms with Crippen LogP contribution in [0.15, 0.2) is 55.1 Å². The molecule has 0 aromatic heterocycles. The molecule has 0 fully saturated rings. The van der Waals surface area contributed by atoms with Gasteiger partial charge in [0.05, 0.1) is 0 Å². The van der Waals surface area contributed by atoms with E-state index in [0.29, 0.717) is 0 Å². The van der Waals surface area contributed by atoms with E-state index in [1.165, 1.54) is 27.8 Å². The Kier molecular flexibility index (Phi) is 3.61. The molecule has 0 N–H and O–H groups in total. The summed E-state index contributed by atoms with van der Waals surface area (Å²) in [6.45, 7) is 12.7. The molecule has 1 atom stereocenters. The lowest BCUT2D eigenvalue weighted by Crippen LogP contribution is -2.20. The molecule has 1 unspecified atom stereocenters. The predicted octanol–water partition coefficient (Wildman–Crippen LogP) is 5.10. The van der Waals surface area contributed by atoms with Crippen LogP contribution in [-0.2, 0) is 5.41 Å². The van der Waals surface area contributed by atoms with Gasteiger partial charge in [0.25, 0.3) is 0 Å². The Hall–Kier alpha value is -1.82. The fourth-order valence-electron chi connectivity index (χ4n) is 2.58. The maximum absolute atomic E-state index is 4.07. The molecule has 0 bridgehead atoms. The van der Waals surface area contributed by atoms with Gasteiger partial charge in [0.1, 0.15) is 0 Å². The van der Waals surface area contributed by atoms with Crippen LogP contribution in [0.4, 0.5) is 0 Å². The van der Waals surface area contributed by atoms with E-state index in [1.807, 2.05) is 6.08 Å². The molecule has 0 amide bonds. The molecule has 0 saturated carbocycles. The summed E-state index contributed by atoms with van der Waals surface area (Å²) in [6, 6.07) is 15.5. The third-order valence-corrected chi connectivity index (χ3v) is 3.88. The number of aryl methyl sites for hydroxylation is 3. The Morgan fingerprint density at radius 2 is 1.32 bits per heavy atom. The van der Waals surface area contributed by atoms with E-state index in [9.17, 15) is 0 Å². The molecular formula is C19H22. The number of rotatable bonds is 3. The highest BCUT2D eigenvalue weighted by atomic mass is 14.3. The third-order valence-electron chi connectivity index (χ3n) is 3.88. The van der Waals surface area contributed by atoms with E-state index in [-0.39, 0.29) is 5.41 Å². The molecule has 0 aliphatic carbocycles. The van der Waals surface area contributed by atoms with Crippen LogP contribution >= 0.6 is 0 Å². The van der Waals surface area contributed by atoms with Crippen molar-refractivity contribution in [3.8, 4) is 0 Å². The molecule has 0 aliphatic rings. The highest BCUT2D eigenvalue weighted by Crippen LogP contribution is 2.34. The fourth-order valence-corrected chi connectivity index (χ4v) is 2.58. The van der Waals surface area contributed by atoms with Crippen molar-refractivity contribution in [1.29, 1.82) is 0 Å². The molecule has 0 aliphatic heterocycles. The van der Waals surface area contributed by atoms with Crippen molar-refractivity contribution in [2.24, 2.45) is 0 Å². The first-order chi connectivity index (χ1) is 8.95. The topological polar surface area (TPSA) is 0 Å². The summed E-state index contributed by atoms with van der Waals surface area (Å²) in [7, 11) is 0. The quantitative estimate of drug-likeness (QED) is 0.664. The van der Waals surface area contributed by atoms with Gasteiger partial charge in [-0.1, -0.05) is 65.2 Å². The van der Waals surface area contributed by atoms with Crippen LogP contribution < -0.4 is 0 Å². The van der Waals surface area contributed by atoms with Crippen LogP contribution in [0.3, 0.4) is 0 Å². The molecule has 0 nitrogen and oxygen atoms in total. The minimum atomic E-state index is -0.134. The second kappa shape index (κ2) is 5.05. The van der Waals surface area contributed by atoms with Gasteiger partial charge in [0, 0.05) is 5.41 Å². The maximum atomic E-state index is 4.07. The van der Waals surface area contributed by atoms with Crippen LogP contribution in [0.2, 0.25) is 0 Å². The van der Waals surface area contributed by atoms with Crippen molar-refractivity contribution >= 4 is 0 Å². The zero-order valence-corrected chi connectivity index (χ0v) is 12.3. The van der Waals surface area contributed by atoms with Crippen molar-refractivity contribution in [2.75, 3.05) is 0 Å². The van der Waals surface area contributed by atoms with Gasteiger partial charge in [-0.2, -0.15) is 0 Å². The van der Waals surface area contributed by atoms with Crippen molar-refractivity contribution in [3.63, 3.8) is 0 Å². The van der Waals surface area contributed by atoms with Crippen molar-refractivity contribution in [3.05, 3.63) is 82.9 Å². The van der Waals surface area contributed by atoms with Gasteiger partial charge in [-0.05, 0) is 38.8 Å². The predicted molar refractivity (Wildman–Crippen MR) is 83.7 cm³/mol. The van der Waals surface area contributed by atoms with Crippen LogP contribution in [0.1, 0.15) is 34.7 Å². The highest BCUT2D eigenvalue weighted by molar-refractivity contribution is 5.46. The van der Waals surface area contributed by atoms with E-state index < -0.39 is 0 Å². The molecule has 0 heteroatoms. The summed E-state index contributed by atoms with van der Waals surface area (Å²) in [5, 5.41) is 0. The number of hydrogen-bond acceptors (Lipinski definition) is 0. The zero-order chi connectivity index (χ0) is 14.0. The van der Waals surface area contributed by atoms with Crippen LogP contribution in [0, 0.1) is 20.8 Å². The SMILES string of the molecule is C=CC(C)(c1ccc(C)cc1)c1cc(C)cc(C)c1. The minimum absolute atomic E-state index is 0.134. The number of allylic oxidation sites excluding steroid dienone is 1. The maximum Gasteiger partial charge on any atom is 0.0351 e. The van der Waals surface area contributed by atoms with E-state index in [1.54, 1.807) is 0 Å². The smallest absolute Gasteiger partial charge is 0.0351 e. The summed E-state index contributed by atoms with van der Waals surface area (Å²) < 4.78 is 0. The van der Waals surface area contributed by atoms with Gasteiger partial charge in [-0.15, -0.1) is 6.58 Å². The molecule has 0 radical (unpaired) electrons. The lowest BCUT2D eigenvalue weighted by Gasteiger charge is -2.28. The Morgan fingerprint density at radius 3 is 1.79 bits per heavy atom. The van der Waals surface area contributed by atoms with Crippen LogP contribution in [-0.4, -0.2) is 0 Å². The Morgan fingerprint density at radius 1 is 0.789 bits per heavy atom. The first-order valence-electron chi connectivity index (χ1n) is 6.75. The summed E-state index contributed by atoms with van der Waals surface area (Å²) in [6.07, 6.45) is 2.05. The Bertz CT molecular complexity index is 570. The van der Waals surface area contributed by atoms with E-state index >= 15 is 0 Å². The second-order valence-electron chi connectivity index (χ2n) is 5.65. The standard InChI is InChI=1S/C19H22/c1-6-19(5,17-9-7-14(2)8-10-17)18-12-15(3)11-16(4)13-18/h6-13H,1H2,2-5H3. The van der Waals surface area contributed by atoms with Crippen molar-refractivity contribution in [2.45, 2.75) is 33.1 Å². The van der Waals surface area contributed by atoms with Gasteiger partial charge in [-0.3, -0.25) is 0 Å². The van der Waals surface area contributed by atoms with E-state index in [0.717, 1.165) is 0 Å². The lowest BCUT2D eigenvalue weighted by atomic mass is 9.75. The van der Waals surface area contributed by atoms with Gasteiger partial charge >= 0.3 is 0 Å². The monoisotopic (exact) mass is 250 g/mol. The van der Waals surface area contributed by atoms with E-state index in [2.05, 4.69) is 76.7 Å². The Balaban J connectivity index is 2.58. The molecule has 0 saturated heterocycles. The highest BCUT2D eigenvalue weighted by Gasteiger charge is 2.25. The van der Waals surface area contributed by atoms with Gasteiger partial charge in [-0.25, -0.2) is 0 Å². The van der Waals surface area contributed by atoms with Gasteiger partial charge < -0.3 is 0 Å². The summed E-state index contributed by atoms with van der Waals surface area (Å²) in [4.78, 5) is 0. The summed E-state index contributed by atoms with van der Waals surface area (Å²) in [5.41, 5.74) is 6.35. The molecule has 19 heavy (non-hydrogen) atoms. The van der Waals surface area contributed by atoms with Crippen molar-refractivity contribution < 1.29 is 0 Å². The third kappa shape index (κ3) is 2.63. The van der Waals surface area contributed by atoms with Gasteiger partial charge in [0.15, 0.2) is 0 Å². The summed E-state index contributed by atoms with van der Waals surface area (Å²) in [5.74, 6) is 0. The molecule has 0 spiro atoms. The average Bonchev–Trinajstić information content (AvgIpc) is 2.37. The molecular weight excluding hydrogens is 228 g/mol. The lowest BCUT2D eigenvalue weighted by molar-refractivity contribution is 0.723. The molecule has 2 rings (SSSR count).